The van der Waals surface area contributed by atoms with Crippen molar-refractivity contribution in [2.45, 2.75) is 13.5 Å². The van der Waals surface area contributed by atoms with E-state index in [-0.39, 0.29) is 11.8 Å². The number of methoxy groups -OCH3 is 1. The molecular formula is C22H26FN7O. The summed E-state index contributed by atoms with van der Waals surface area (Å²) < 4.78 is 18.6. The molecule has 8 nitrogen and oxygen atoms in total. The molecule has 31 heavy (non-hydrogen) atoms. The van der Waals surface area contributed by atoms with Crippen LogP contribution in [0.1, 0.15) is 11.4 Å². The second kappa shape index (κ2) is 9.13. The van der Waals surface area contributed by atoms with Crippen LogP contribution < -0.4 is 20.7 Å². The van der Waals surface area contributed by atoms with Gasteiger partial charge in [-0.3, -0.25) is 4.90 Å². The normalized spacial score (nSPS) is 14.5. The molecule has 0 aliphatic carbocycles. The molecule has 4 rings (SSSR count). The molecule has 2 heterocycles. The maximum Gasteiger partial charge on any atom is 0.232 e. The first kappa shape index (κ1) is 20.8. The number of benzene rings is 2. The SMILES string of the molecule is COc1ccc(C)cc1Nc1nc(N)nc(CN2CCN(c3ccc(F)cc3)CC2)n1. The zero-order chi connectivity index (χ0) is 21.8. The Bertz CT molecular complexity index is 1040. The van der Waals surface area contributed by atoms with E-state index < -0.39 is 0 Å². The highest BCUT2D eigenvalue weighted by Crippen LogP contribution is 2.27. The van der Waals surface area contributed by atoms with Gasteiger partial charge in [0, 0.05) is 31.9 Å². The van der Waals surface area contributed by atoms with Gasteiger partial charge in [-0.2, -0.15) is 15.0 Å². The first-order valence-corrected chi connectivity index (χ1v) is 10.1. The number of nitrogen functional groups attached to an aromatic ring is 1. The molecule has 0 unspecified atom stereocenters. The molecule has 162 valence electrons. The summed E-state index contributed by atoms with van der Waals surface area (Å²) in [4.78, 5) is 17.6. The topological polar surface area (TPSA) is 92.4 Å². The van der Waals surface area contributed by atoms with Gasteiger partial charge >= 0.3 is 0 Å². The van der Waals surface area contributed by atoms with Crippen molar-refractivity contribution in [3.63, 3.8) is 0 Å². The fourth-order valence-electron chi connectivity index (χ4n) is 3.62. The Hall–Kier alpha value is -3.46. The second-order valence-corrected chi connectivity index (χ2v) is 7.50. The van der Waals surface area contributed by atoms with Gasteiger partial charge in [-0.1, -0.05) is 6.07 Å². The number of anilines is 4. The van der Waals surface area contributed by atoms with E-state index in [1.165, 1.54) is 12.1 Å². The Morgan fingerprint density at radius 2 is 1.77 bits per heavy atom. The molecule has 1 aromatic heterocycles. The average molecular weight is 423 g/mol. The minimum Gasteiger partial charge on any atom is -0.495 e. The number of rotatable bonds is 6. The van der Waals surface area contributed by atoms with E-state index in [0.717, 1.165) is 43.1 Å². The molecule has 3 N–H and O–H groups in total. The van der Waals surface area contributed by atoms with Crippen molar-refractivity contribution in [1.82, 2.24) is 19.9 Å². The van der Waals surface area contributed by atoms with Crippen LogP contribution in [0.3, 0.4) is 0 Å². The molecule has 0 bridgehead atoms. The van der Waals surface area contributed by atoms with Gasteiger partial charge in [0.1, 0.15) is 17.4 Å². The Kier molecular flexibility index (Phi) is 6.13. The Balaban J connectivity index is 1.41. The first-order chi connectivity index (χ1) is 15.0. The van der Waals surface area contributed by atoms with E-state index >= 15 is 0 Å². The van der Waals surface area contributed by atoms with Crippen molar-refractivity contribution < 1.29 is 9.13 Å². The molecule has 0 atom stereocenters. The number of aromatic nitrogens is 3. The Morgan fingerprint density at radius 1 is 1.03 bits per heavy atom. The van der Waals surface area contributed by atoms with Crippen molar-refractivity contribution in [1.29, 1.82) is 0 Å². The number of hydrogen-bond donors (Lipinski definition) is 2. The van der Waals surface area contributed by atoms with Gasteiger partial charge < -0.3 is 20.7 Å². The van der Waals surface area contributed by atoms with Crippen LogP contribution in [-0.4, -0.2) is 53.1 Å². The molecule has 1 aliphatic rings. The molecule has 0 radical (unpaired) electrons. The summed E-state index contributed by atoms with van der Waals surface area (Å²) in [5.41, 5.74) is 8.83. The third-order valence-corrected chi connectivity index (χ3v) is 5.23. The number of nitrogens with one attached hydrogen (secondary N) is 1. The van der Waals surface area contributed by atoms with E-state index in [4.69, 9.17) is 10.5 Å². The maximum atomic E-state index is 13.2. The number of aryl methyl sites for hydroxylation is 1. The molecule has 0 saturated carbocycles. The fraction of sp³-hybridized carbons (Fsp3) is 0.318. The van der Waals surface area contributed by atoms with Crippen LogP contribution in [-0.2, 0) is 6.54 Å². The summed E-state index contributed by atoms with van der Waals surface area (Å²) in [6.45, 7) is 5.96. The number of nitrogens with two attached hydrogens (primary N) is 1. The highest BCUT2D eigenvalue weighted by atomic mass is 19.1. The quantitative estimate of drug-likeness (QED) is 0.625. The lowest BCUT2D eigenvalue weighted by Crippen LogP contribution is -2.46. The Morgan fingerprint density at radius 3 is 2.48 bits per heavy atom. The molecule has 1 fully saturated rings. The molecular weight excluding hydrogens is 397 g/mol. The summed E-state index contributed by atoms with van der Waals surface area (Å²) in [6.07, 6.45) is 0. The van der Waals surface area contributed by atoms with Crippen LogP contribution in [0, 0.1) is 12.7 Å². The zero-order valence-corrected chi connectivity index (χ0v) is 17.7. The predicted molar refractivity (Wildman–Crippen MR) is 119 cm³/mol. The van der Waals surface area contributed by atoms with Crippen molar-refractivity contribution >= 4 is 23.3 Å². The van der Waals surface area contributed by atoms with Gasteiger partial charge in [0.15, 0.2) is 0 Å². The van der Waals surface area contributed by atoms with Crippen molar-refractivity contribution in [2.75, 3.05) is 49.2 Å². The molecule has 9 heteroatoms. The van der Waals surface area contributed by atoms with Crippen LogP contribution in [0.2, 0.25) is 0 Å². The smallest absolute Gasteiger partial charge is 0.232 e. The van der Waals surface area contributed by atoms with Crippen LogP contribution in [0.15, 0.2) is 42.5 Å². The zero-order valence-electron chi connectivity index (χ0n) is 17.7. The summed E-state index contributed by atoms with van der Waals surface area (Å²) in [6, 6.07) is 12.4. The van der Waals surface area contributed by atoms with E-state index in [0.29, 0.717) is 24.1 Å². The van der Waals surface area contributed by atoms with Crippen LogP contribution in [0.4, 0.5) is 27.7 Å². The lowest BCUT2D eigenvalue weighted by molar-refractivity contribution is 0.244. The highest BCUT2D eigenvalue weighted by molar-refractivity contribution is 5.63. The van der Waals surface area contributed by atoms with E-state index in [1.54, 1.807) is 7.11 Å². The second-order valence-electron chi connectivity index (χ2n) is 7.50. The Labute approximate surface area is 180 Å². The maximum absolute atomic E-state index is 13.2. The van der Waals surface area contributed by atoms with Gasteiger partial charge in [-0.25, -0.2) is 4.39 Å². The minimum absolute atomic E-state index is 0.170. The van der Waals surface area contributed by atoms with Crippen LogP contribution >= 0.6 is 0 Å². The van der Waals surface area contributed by atoms with Crippen molar-refractivity contribution in [2.24, 2.45) is 0 Å². The van der Waals surface area contributed by atoms with Gasteiger partial charge in [0.25, 0.3) is 0 Å². The summed E-state index contributed by atoms with van der Waals surface area (Å²) in [5, 5.41) is 3.19. The number of piperazine rings is 1. The molecule has 1 aliphatic heterocycles. The minimum atomic E-state index is -0.220. The first-order valence-electron chi connectivity index (χ1n) is 10.1. The summed E-state index contributed by atoms with van der Waals surface area (Å²) >= 11 is 0. The van der Waals surface area contributed by atoms with Crippen molar-refractivity contribution in [3.8, 4) is 5.75 Å². The average Bonchev–Trinajstić information content (AvgIpc) is 2.75. The van der Waals surface area contributed by atoms with Gasteiger partial charge in [-0.15, -0.1) is 0 Å². The lowest BCUT2D eigenvalue weighted by Gasteiger charge is -2.35. The van der Waals surface area contributed by atoms with Crippen molar-refractivity contribution in [3.05, 3.63) is 59.7 Å². The fourth-order valence-corrected chi connectivity index (χ4v) is 3.62. The monoisotopic (exact) mass is 423 g/mol. The largest absolute Gasteiger partial charge is 0.495 e. The molecule has 0 spiro atoms. The van der Waals surface area contributed by atoms with E-state index in [9.17, 15) is 4.39 Å². The molecule has 1 saturated heterocycles. The van der Waals surface area contributed by atoms with E-state index in [1.807, 2.05) is 37.3 Å². The predicted octanol–water partition coefficient (Wildman–Crippen LogP) is 2.98. The summed E-state index contributed by atoms with van der Waals surface area (Å²) in [7, 11) is 1.62. The highest BCUT2D eigenvalue weighted by Gasteiger charge is 2.19. The van der Waals surface area contributed by atoms with Gasteiger partial charge in [0.05, 0.1) is 19.3 Å². The van der Waals surface area contributed by atoms with Crippen LogP contribution in [0.25, 0.3) is 0 Å². The number of ether oxygens (including phenoxy) is 1. The van der Waals surface area contributed by atoms with Gasteiger partial charge in [-0.05, 0) is 48.9 Å². The molecule has 0 amide bonds. The molecule has 3 aromatic rings. The van der Waals surface area contributed by atoms with Gasteiger partial charge in [0.2, 0.25) is 11.9 Å². The number of nitrogens with zero attached hydrogens (tertiary/aromatic N) is 5. The van der Waals surface area contributed by atoms with E-state index in [2.05, 4.69) is 30.1 Å². The third-order valence-electron chi connectivity index (χ3n) is 5.23. The standard InChI is InChI=1S/C22H26FN7O/c1-15-3-8-19(31-2)18(13-15)25-22-27-20(26-21(24)28-22)14-29-9-11-30(12-10-29)17-6-4-16(23)5-7-17/h3-8,13H,9-12,14H2,1-2H3,(H3,24,25,26,27,28). The molecule has 2 aromatic carbocycles. The third kappa shape index (κ3) is 5.18. The number of halogens is 1. The lowest BCUT2D eigenvalue weighted by atomic mass is 10.2. The summed E-state index contributed by atoms with van der Waals surface area (Å²) in [5.74, 6) is 1.64. The van der Waals surface area contributed by atoms with Crippen LogP contribution in [0.5, 0.6) is 5.75 Å². The number of hydrogen-bond acceptors (Lipinski definition) is 8.